The zero-order valence-corrected chi connectivity index (χ0v) is 12.2. The lowest BCUT2D eigenvalue weighted by Gasteiger charge is -2.23. The number of hydrogen-bond acceptors (Lipinski definition) is 2. The van der Waals surface area contributed by atoms with Gasteiger partial charge in [-0.25, -0.2) is 0 Å². The standard InChI is InChI=1S/C13H18ClNS.ClH/c14-11-4-6-13(7-5-11)16-10-8-12-3-1-2-9-15-12;/h4-7,12,15H,1-3,8-10H2;1H. The molecule has 96 valence electrons. The molecule has 1 nitrogen and oxygen atoms in total. The van der Waals surface area contributed by atoms with Gasteiger partial charge in [0, 0.05) is 16.0 Å². The molecule has 1 unspecified atom stereocenters. The average molecular weight is 292 g/mol. The van der Waals surface area contributed by atoms with Crippen molar-refractivity contribution in [1.82, 2.24) is 5.32 Å². The lowest BCUT2D eigenvalue weighted by Crippen LogP contribution is -2.34. The number of hydrogen-bond donors (Lipinski definition) is 1. The summed E-state index contributed by atoms with van der Waals surface area (Å²) >= 11 is 7.77. The quantitative estimate of drug-likeness (QED) is 0.826. The van der Waals surface area contributed by atoms with Crippen molar-refractivity contribution in [1.29, 1.82) is 0 Å². The summed E-state index contributed by atoms with van der Waals surface area (Å²) in [4.78, 5) is 1.32. The number of thioether (sulfide) groups is 1. The van der Waals surface area contributed by atoms with E-state index in [-0.39, 0.29) is 12.4 Å². The minimum Gasteiger partial charge on any atom is -0.314 e. The molecule has 0 radical (unpaired) electrons. The van der Waals surface area contributed by atoms with E-state index in [9.17, 15) is 0 Å². The van der Waals surface area contributed by atoms with Crippen LogP contribution in [0.15, 0.2) is 29.2 Å². The van der Waals surface area contributed by atoms with Crippen LogP contribution >= 0.6 is 35.8 Å². The summed E-state index contributed by atoms with van der Waals surface area (Å²) in [5.41, 5.74) is 0. The van der Waals surface area contributed by atoms with Crippen LogP contribution in [-0.2, 0) is 0 Å². The summed E-state index contributed by atoms with van der Waals surface area (Å²) < 4.78 is 0. The van der Waals surface area contributed by atoms with Gasteiger partial charge in [0.15, 0.2) is 0 Å². The lowest BCUT2D eigenvalue weighted by atomic mass is 10.0. The molecular weight excluding hydrogens is 273 g/mol. The minimum atomic E-state index is 0. The van der Waals surface area contributed by atoms with Crippen LogP contribution in [0, 0.1) is 0 Å². The van der Waals surface area contributed by atoms with Crippen molar-refractivity contribution in [2.45, 2.75) is 36.6 Å². The topological polar surface area (TPSA) is 12.0 Å². The van der Waals surface area contributed by atoms with E-state index in [1.54, 1.807) is 0 Å². The molecule has 0 bridgehead atoms. The molecule has 4 heteroatoms. The Labute approximate surface area is 119 Å². The van der Waals surface area contributed by atoms with Gasteiger partial charge in [0.2, 0.25) is 0 Å². The normalized spacial score (nSPS) is 19.7. The van der Waals surface area contributed by atoms with Gasteiger partial charge < -0.3 is 5.32 Å². The molecule has 0 spiro atoms. The highest BCUT2D eigenvalue weighted by Gasteiger charge is 2.11. The Morgan fingerprint density at radius 3 is 2.65 bits per heavy atom. The van der Waals surface area contributed by atoms with Crippen molar-refractivity contribution in [2.75, 3.05) is 12.3 Å². The Morgan fingerprint density at radius 2 is 2.00 bits per heavy atom. The van der Waals surface area contributed by atoms with Gasteiger partial charge in [0.1, 0.15) is 0 Å². The zero-order valence-electron chi connectivity index (χ0n) is 9.82. The van der Waals surface area contributed by atoms with E-state index in [2.05, 4.69) is 17.4 Å². The van der Waals surface area contributed by atoms with Crippen molar-refractivity contribution in [2.24, 2.45) is 0 Å². The second-order valence-corrected chi connectivity index (χ2v) is 5.84. The van der Waals surface area contributed by atoms with Gasteiger partial charge in [-0.3, -0.25) is 0 Å². The van der Waals surface area contributed by atoms with E-state index in [1.807, 2.05) is 23.9 Å². The number of piperidine rings is 1. The summed E-state index contributed by atoms with van der Waals surface area (Å²) in [5.74, 6) is 1.19. The summed E-state index contributed by atoms with van der Waals surface area (Å²) in [6, 6.07) is 8.86. The van der Waals surface area contributed by atoms with Gasteiger partial charge in [0.25, 0.3) is 0 Å². The molecule has 0 saturated carbocycles. The number of nitrogens with one attached hydrogen (secondary N) is 1. The van der Waals surface area contributed by atoms with Gasteiger partial charge in [-0.1, -0.05) is 18.0 Å². The molecule has 1 N–H and O–H groups in total. The highest BCUT2D eigenvalue weighted by molar-refractivity contribution is 7.99. The SMILES string of the molecule is Cl.Clc1ccc(SCCC2CCCCN2)cc1. The van der Waals surface area contributed by atoms with Crippen LogP contribution in [0.4, 0.5) is 0 Å². The van der Waals surface area contributed by atoms with Crippen LogP contribution in [0.25, 0.3) is 0 Å². The number of halogens is 2. The minimum absolute atomic E-state index is 0. The molecule has 0 aromatic heterocycles. The average Bonchev–Trinajstić information content (AvgIpc) is 2.33. The van der Waals surface area contributed by atoms with Crippen molar-refractivity contribution in [3.63, 3.8) is 0 Å². The van der Waals surface area contributed by atoms with Gasteiger partial charge in [0.05, 0.1) is 0 Å². The van der Waals surface area contributed by atoms with Gasteiger partial charge >= 0.3 is 0 Å². The summed E-state index contributed by atoms with van der Waals surface area (Å²) in [7, 11) is 0. The maximum atomic E-state index is 5.85. The Kier molecular flexibility index (Phi) is 7.36. The molecule has 1 aliphatic heterocycles. The van der Waals surface area contributed by atoms with Crippen LogP contribution in [0.1, 0.15) is 25.7 Å². The molecule has 17 heavy (non-hydrogen) atoms. The van der Waals surface area contributed by atoms with Gasteiger partial charge in [-0.2, -0.15) is 0 Å². The first-order valence-electron chi connectivity index (χ1n) is 5.96. The van der Waals surface area contributed by atoms with Crippen molar-refractivity contribution >= 4 is 35.8 Å². The van der Waals surface area contributed by atoms with E-state index >= 15 is 0 Å². The van der Waals surface area contributed by atoms with Gasteiger partial charge in [-0.15, -0.1) is 24.2 Å². The third kappa shape index (κ3) is 5.52. The zero-order chi connectivity index (χ0) is 11.2. The van der Waals surface area contributed by atoms with Crippen LogP contribution in [0.3, 0.4) is 0 Å². The predicted molar refractivity (Wildman–Crippen MR) is 79.7 cm³/mol. The molecule has 1 aromatic carbocycles. The molecule has 1 fully saturated rings. The fraction of sp³-hybridized carbons (Fsp3) is 0.538. The fourth-order valence-corrected chi connectivity index (χ4v) is 3.11. The van der Waals surface area contributed by atoms with E-state index in [0.717, 1.165) is 11.1 Å². The third-order valence-corrected chi connectivity index (χ3v) is 4.26. The molecule has 1 heterocycles. The first-order valence-corrected chi connectivity index (χ1v) is 7.33. The molecule has 2 rings (SSSR count). The van der Waals surface area contributed by atoms with E-state index in [1.165, 1.54) is 42.9 Å². The Morgan fingerprint density at radius 1 is 1.24 bits per heavy atom. The molecule has 1 aromatic rings. The first-order chi connectivity index (χ1) is 7.84. The van der Waals surface area contributed by atoms with Crippen molar-refractivity contribution in [3.05, 3.63) is 29.3 Å². The van der Waals surface area contributed by atoms with E-state index in [4.69, 9.17) is 11.6 Å². The summed E-state index contributed by atoms with van der Waals surface area (Å²) in [5, 5.41) is 4.40. The third-order valence-electron chi connectivity index (χ3n) is 2.96. The molecule has 0 amide bonds. The number of benzene rings is 1. The molecular formula is C13H19Cl2NS. The lowest BCUT2D eigenvalue weighted by molar-refractivity contribution is 0.395. The predicted octanol–water partition coefficient (Wildman–Crippen LogP) is 4.39. The Balaban J connectivity index is 0.00000144. The first kappa shape index (κ1) is 15.2. The molecule has 1 atom stereocenters. The maximum absolute atomic E-state index is 5.85. The Hall–Kier alpha value is 0.110. The Bertz CT molecular complexity index is 310. The van der Waals surface area contributed by atoms with Crippen LogP contribution in [0.5, 0.6) is 0 Å². The number of rotatable bonds is 4. The summed E-state index contributed by atoms with van der Waals surface area (Å²) in [6.07, 6.45) is 5.36. The smallest absolute Gasteiger partial charge is 0.0406 e. The maximum Gasteiger partial charge on any atom is 0.0406 e. The van der Waals surface area contributed by atoms with Crippen molar-refractivity contribution in [3.8, 4) is 0 Å². The van der Waals surface area contributed by atoms with E-state index < -0.39 is 0 Å². The van der Waals surface area contributed by atoms with Crippen LogP contribution < -0.4 is 5.32 Å². The van der Waals surface area contributed by atoms with Crippen LogP contribution in [0.2, 0.25) is 5.02 Å². The molecule has 1 aliphatic rings. The monoisotopic (exact) mass is 291 g/mol. The van der Waals surface area contributed by atoms with Gasteiger partial charge in [-0.05, 0) is 55.8 Å². The molecule has 0 aliphatic carbocycles. The highest BCUT2D eigenvalue weighted by Crippen LogP contribution is 2.22. The fourth-order valence-electron chi connectivity index (χ4n) is 2.02. The second kappa shape index (κ2) is 8.25. The second-order valence-electron chi connectivity index (χ2n) is 4.24. The van der Waals surface area contributed by atoms with E-state index in [0.29, 0.717) is 0 Å². The van der Waals surface area contributed by atoms with Crippen molar-refractivity contribution < 1.29 is 0 Å². The van der Waals surface area contributed by atoms with Crippen LogP contribution in [-0.4, -0.2) is 18.3 Å². The highest BCUT2D eigenvalue weighted by atomic mass is 35.5. The molecule has 1 saturated heterocycles. The summed E-state index contributed by atoms with van der Waals surface area (Å²) in [6.45, 7) is 1.20. The largest absolute Gasteiger partial charge is 0.314 e.